The van der Waals surface area contributed by atoms with Crippen molar-refractivity contribution in [2.24, 2.45) is 0 Å². The van der Waals surface area contributed by atoms with Crippen molar-refractivity contribution in [2.75, 3.05) is 24.7 Å². The van der Waals surface area contributed by atoms with Gasteiger partial charge in [-0.05, 0) is 27.7 Å². The highest BCUT2D eigenvalue weighted by atomic mass is 32.4. The molecule has 1 saturated heterocycles. The molecule has 3 rings (SSSR count). The summed E-state index contributed by atoms with van der Waals surface area (Å²) in [5.41, 5.74) is 4.19. The number of ether oxygens (including phenoxy) is 2. The zero-order valence-electron chi connectivity index (χ0n) is 18.9. The smallest absolute Gasteiger partial charge is 0.323 e. The van der Waals surface area contributed by atoms with Gasteiger partial charge in [0.1, 0.15) is 25.3 Å². The third-order valence-corrected chi connectivity index (χ3v) is 6.87. The van der Waals surface area contributed by atoms with E-state index in [4.69, 9.17) is 31.5 Å². The highest BCUT2D eigenvalue weighted by Crippen LogP contribution is 2.43. The van der Waals surface area contributed by atoms with Gasteiger partial charge in [0.05, 0.1) is 19.0 Å². The monoisotopic (exact) mass is 505 g/mol. The number of anilines is 2. The predicted molar refractivity (Wildman–Crippen MR) is 124 cm³/mol. The van der Waals surface area contributed by atoms with Gasteiger partial charge in [0.15, 0.2) is 28.9 Å². The number of nitrogens with one attached hydrogen (secondary N) is 2. The van der Waals surface area contributed by atoms with Gasteiger partial charge in [0.25, 0.3) is 0 Å². The van der Waals surface area contributed by atoms with Gasteiger partial charge in [-0.25, -0.2) is 9.37 Å². The van der Waals surface area contributed by atoms with Crippen LogP contribution in [-0.2, 0) is 30.6 Å². The van der Waals surface area contributed by atoms with Gasteiger partial charge in [0, 0.05) is 7.05 Å². The zero-order chi connectivity index (χ0) is 24.5. The minimum atomic E-state index is -2.20. The molecule has 0 saturated carbocycles. The molecule has 1 fully saturated rings. The number of imidazole rings is 1. The van der Waals surface area contributed by atoms with Crippen molar-refractivity contribution in [1.82, 2.24) is 24.6 Å². The van der Waals surface area contributed by atoms with Crippen LogP contribution in [0.25, 0.3) is 11.2 Å². The summed E-state index contributed by atoms with van der Waals surface area (Å²) in [6, 6.07) is -0.670. The number of hydrogen-bond acceptors (Lipinski definition) is 11. The van der Waals surface area contributed by atoms with E-state index in [1.54, 1.807) is 27.8 Å². The fraction of sp³-hybridized carbons (Fsp3) is 0.667. The fourth-order valence-electron chi connectivity index (χ4n) is 3.40. The van der Waals surface area contributed by atoms with Crippen molar-refractivity contribution in [1.29, 1.82) is 0 Å². The standard InChI is InChI=1S/C18H29FN7O5PS/c1-8(2)30-15(28)9(3)25-32(33)29-6-10-12(27)18(4,19)16(31-10)26-7-22-11-13(21-5)23-17(20)24-14(11)26/h7-10,12,16,27,32H,6H2,1-5H3,(H,25,33)(H3,20,21,23,24)/t9-,10-,12-,16-,18-/m1/s1. The third-order valence-electron chi connectivity index (χ3n) is 5.06. The Morgan fingerprint density at radius 2 is 2.18 bits per heavy atom. The molecule has 12 nitrogen and oxygen atoms in total. The lowest BCUT2D eigenvalue weighted by Crippen LogP contribution is -2.40. The summed E-state index contributed by atoms with van der Waals surface area (Å²) in [4.78, 5) is 24.4. The average molecular weight is 506 g/mol. The maximum Gasteiger partial charge on any atom is 0.323 e. The van der Waals surface area contributed by atoms with Crippen LogP contribution in [0.3, 0.4) is 0 Å². The lowest BCUT2D eigenvalue weighted by Gasteiger charge is -2.24. The normalized spacial score (nSPS) is 27.1. The third kappa shape index (κ3) is 5.42. The van der Waals surface area contributed by atoms with Gasteiger partial charge in [0.2, 0.25) is 5.95 Å². The molecule has 184 valence electrons. The van der Waals surface area contributed by atoms with Crippen LogP contribution < -0.4 is 16.1 Å². The molecule has 1 aliphatic rings. The maximum atomic E-state index is 15.6. The van der Waals surface area contributed by atoms with E-state index in [0.717, 1.165) is 0 Å². The number of carbonyl (C=O) groups is 1. The van der Waals surface area contributed by atoms with Crippen LogP contribution in [0.1, 0.15) is 33.9 Å². The first kappa shape index (κ1) is 25.7. The molecule has 0 spiro atoms. The van der Waals surface area contributed by atoms with E-state index < -0.39 is 43.2 Å². The number of rotatable bonds is 9. The summed E-state index contributed by atoms with van der Waals surface area (Å²) in [7, 11) is -0.434. The Labute approximate surface area is 196 Å². The molecule has 33 heavy (non-hydrogen) atoms. The minimum Gasteiger partial charge on any atom is -0.462 e. The van der Waals surface area contributed by atoms with E-state index in [2.05, 4.69) is 25.4 Å². The van der Waals surface area contributed by atoms with Crippen molar-refractivity contribution >= 4 is 47.8 Å². The number of aliphatic hydroxyl groups is 1. The molecule has 2 aromatic rings. The van der Waals surface area contributed by atoms with Crippen molar-refractivity contribution < 1.29 is 28.3 Å². The van der Waals surface area contributed by atoms with Crippen LogP contribution in [0.5, 0.6) is 0 Å². The van der Waals surface area contributed by atoms with Crippen LogP contribution >= 0.6 is 7.07 Å². The molecule has 1 unspecified atom stereocenters. The molecule has 0 bridgehead atoms. The van der Waals surface area contributed by atoms with Crippen LogP contribution in [0.4, 0.5) is 16.2 Å². The van der Waals surface area contributed by atoms with E-state index in [1.807, 2.05) is 0 Å². The molecule has 1 aliphatic heterocycles. The van der Waals surface area contributed by atoms with Gasteiger partial charge in [-0.2, -0.15) is 9.97 Å². The molecule has 15 heteroatoms. The second kappa shape index (κ2) is 10.1. The van der Waals surface area contributed by atoms with Gasteiger partial charge in [-0.1, -0.05) is 11.8 Å². The number of aromatic nitrogens is 4. The quantitative estimate of drug-likeness (QED) is 0.282. The SMILES string of the molecule is CNc1nc(N)nc2c1ncn2[C@@H]1O[C@H](CO[PH](=S)N[C@H](C)C(=O)OC(C)C)[C@@H](O)[C@@]1(C)F. The highest BCUT2D eigenvalue weighted by molar-refractivity contribution is 8.02. The van der Waals surface area contributed by atoms with Crippen LogP contribution in [0.2, 0.25) is 0 Å². The van der Waals surface area contributed by atoms with Gasteiger partial charge in [-0.15, -0.1) is 0 Å². The Hall–Kier alpha value is -1.96. The second-order valence-corrected chi connectivity index (χ2v) is 10.3. The average Bonchev–Trinajstić information content (AvgIpc) is 3.24. The molecule has 6 atom stereocenters. The minimum absolute atomic E-state index is 0.0258. The molecular weight excluding hydrogens is 476 g/mol. The Morgan fingerprint density at radius 3 is 2.82 bits per heavy atom. The zero-order valence-corrected chi connectivity index (χ0v) is 20.7. The molecular formula is C18H29FN7O5PS. The molecule has 0 radical (unpaired) electrons. The Balaban J connectivity index is 1.70. The first-order chi connectivity index (χ1) is 15.4. The number of alkyl halides is 1. The second-order valence-electron chi connectivity index (χ2n) is 8.08. The van der Waals surface area contributed by atoms with Gasteiger partial charge >= 0.3 is 5.97 Å². The van der Waals surface area contributed by atoms with Crippen molar-refractivity contribution in [2.45, 2.75) is 63.9 Å². The number of halogens is 1. The number of nitrogens with two attached hydrogens (primary N) is 1. The number of carbonyl (C=O) groups excluding carboxylic acids is 1. The Morgan fingerprint density at radius 1 is 1.48 bits per heavy atom. The Bertz CT molecular complexity index is 1040. The summed E-state index contributed by atoms with van der Waals surface area (Å²) in [6.45, 7) is 6.14. The summed E-state index contributed by atoms with van der Waals surface area (Å²) in [6.07, 6.45) is -2.69. The maximum absolute atomic E-state index is 15.6. The number of nitrogen functional groups attached to an aromatic ring is 1. The predicted octanol–water partition coefficient (Wildman–Crippen LogP) is 0.889. The van der Waals surface area contributed by atoms with Gasteiger partial charge < -0.3 is 30.2 Å². The molecule has 3 heterocycles. The van der Waals surface area contributed by atoms with E-state index in [1.165, 1.54) is 17.8 Å². The first-order valence-electron chi connectivity index (χ1n) is 10.3. The summed E-state index contributed by atoms with van der Waals surface area (Å²) in [5.74, 6) is -0.101. The van der Waals surface area contributed by atoms with Crippen molar-refractivity contribution in [3.05, 3.63) is 6.33 Å². The number of esters is 1. The van der Waals surface area contributed by atoms with E-state index in [9.17, 15) is 9.90 Å². The topological polar surface area (TPSA) is 159 Å². The van der Waals surface area contributed by atoms with Crippen molar-refractivity contribution in [3.63, 3.8) is 0 Å². The van der Waals surface area contributed by atoms with Crippen LogP contribution in [0, 0.1) is 0 Å². The largest absolute Gasteiger partial charge is 0.462 e. The molecule has 2 aromatic heterocycles. The van der Waals surface area contributed by atoms with E-state index in [-0.39, 0.29) is 24.3 Å². The van der Waals surface area contributed by atoms with E-state index >= 15 is 4.39 Å². The Kier molecular flexibility index (Phi) is 7.87. The lowest BCUT2D eigenvalue weighted by atomic mass is 9.98. The molecule has 0 aliphatic carbocycles. The molecule has 5 N–H and O–H groups in total. The number of nitrogens with zero attached hydrogens (tertiary/aromatic N) is 4. The lowest BCUT2D eigenvalue weighted by molar-refractivity contribution is -0.148. The number of aliphatic hydroxyl groups excluding tert-OH is 1. The first-order valence-corrected chi connectivity index (χ1v) is 12.8. The van der Waals surface area contributed by atoms with E-state index in [0.29, 0.717) is 11.3 Å². The highest BCUT2D eigenvalue weighted by Gasteiger charge is 2.55. The summed E-state index contributed by atoms with van der Waals surface area (Å²) < 4.78 is 33.5. The molecule has 0 amide bonds. The summed E-state index contributed by atoms with van der Waals surface area (Å²) in [5, 5.41) is 16.3. The number of fused-ring (bicyclic) bond motifs is 1. The van der Waals surface area contributed by atoms with Crippen LogP contribution in [0.15, 0.2) is 6.33 Å². The fourth-order valence-corrected chi connectivity index (χ4v) is 5.00. The van der Waals surface area contributed by atoms with Crippen LogP contribution in [-0.4, -0.2) is 74.3 Å². The van der Waals surface area contributed by atoms with Gasteiger partial charge in [-0.3, -0.25) is 14.4 Å². The number of hydrogen-bond donors (Lipinski definition) is 4. The van der Waals surface area contributed by atoms with Crippen molar-refractivity contribution in [3.8, 4) is 0 Å². The summed E-state index contributed by atoms with van der Waals surface area (Å²) >= 11 is 5.27. The molecule has 0 aromatic carbocycles.